The Morgan fingerprint density at radius 1 is 1.19 bits per heavy atom. The highest BCUT2D eigenvalue weighted by molar-refractivity contribution is 6.20. The fourth-order valence-corrected chi connectivity index (χ4v) is 5.26. The molecule has 3 aromatic rings. The molecule has 8 heteroatoms. The number of piperidine rings is 1. The van der Waals surface area contributed by atoms with Crippen LogP contribution < -0.4 is 4.74 Å². The molecule has 5 rings (SSSR count). The molecule has 0 unspecified atom stereocenters. The van der Waals surface area contributed by atoms with Crippen molar-refractivity contribution in [3.63, 3.8) is 0 Å². The number of hydrogen-bond donors (Lipinski definition) is 1. The number of aromatic nitrogens is 1. The summed E-state index contributed by atoms with van der Waals surface area (Å²) >= 11 is 0. The van der Waals surface area contributed by atoms with E-state index in [0.717, 1.165) is 5.56 Å². The van der Waals surface area contributed by atoms with Crippen molar-refractivity contribution in [2.45, 2.75) is 64.6 Å². The third kappa shape index (κ3) is 4.33. The number of likely N-dealkylation sites (tertiary alicyclic amines) is 1. The average molecular weight is 504 g/mol. The molecule has 0 bridgehead atoms. The summed E-state index contributed by atoms with van der Waals surface area (Å²) in [5.41, 5.74) is 1.88. The number of H-pyrrole nitrogens is 1. The molecule has 1 aliphatic carbocycles. The van der Waals surface area contributed by atoms with Crippen molar-refractivity contribution in [2.24, 2.45) is 0 Å². The highest BCUT2D eigenvalue weighted by Crippen LogP contribution is 2.45. The zero-order chi connectivity index (χ0) is 26.7. The van der Waals surface area contributed by atoms with E-state index in [9.17, 15) is 19.2 Å². The van der Waals surface area contributed by atoms with Gasteiger partial charge in [0.05, 0.1) is 11.1 Å². The maximum atomic E-state index is 14.4. The molecule has 1 fully saturated rings. The maximum absolute atomic E-state index is 14.4. The minimum atomic E-state index is -0.644. The molecule has 0 atom stereocenters. The number of nitrogens with zero attached hydrogens (tertiary/aromatic N) is 2. The molecule has 0 radical (unpaired) electrons. The quantitative estimate of drug-likeness (QED) is 0.475. The molecule has 2 aromatic carbocycles. The summed E-state index contributed by atoms with van der Waals surface area (Å²) in [7, 11) is 0. The predicted octanol–water partition coefficient (Wildman–Crippen LogP) is 5.83. The van der Waals surface area contributed by atoms with Crippen molar-refractivity contribution < 1.29 is 23.5 Å². The van der Waals surface area contributed by atoms with Crippen LogP contribution in [-0.2, 0) is 10.2 Å². The third-order valence-electron chi connectivity index (χ3n) is 7.16. The average Bonchev–Trinajstić information content (AvgIpc) is 3.21. The van der Waals surface area contributed by atoms with Gasteiger partial charge in [-0.15, -0.1) is 0 Å². The van der Waals surface area contributed by atoms with Crippen LogP contribution in [0.1, 0.15) is 80.2 Å². The van der Waals surface area contributed by atoms with E-state index in [-0.39, 0.29) is 23.5 Å². The van der Waals surface area contributed by atoms with Crippen LogP contribution in [0.2, 0.25) is 0 Å². The van der Waals surface area contributed by atoms with Crippen LogP contribution in [0.15, 0.2) is 30.3 Å². The number of aromatic amines is 1. The summed E-state index contributed by atoms with van der Waals surface area (Å²) in [4.78, 5) is 30.9. The minimum Gasteiger partial charge on any atom is -0.490 e. The van der Waals surface area contributed by atoms with Gasteiger partial charge in [0.25, 0.3) is 0 Å². The number of benzene rings is 2. The zero-order valence-electron chi connectivity index (χ0n) is 21.7. The van der Waals surface area contributed by atoms with Crippen molar-refractivity contribution in [3.05, 3.63) is 64.1 Å². The number of hydrogen-bond acceptors (Lipinski definition) is 5. The molecule has 1 N–H and O–H groups in total. The third-order valence-corrected chi connectivity index (χ3v) is 7.16. The Bertz CT molecular complexity index is 1470. The molecular formula is C29H30FN3O4. The Morgan fingerprint density at radius 2 is 1.89 bits per heavy atom. The number of halogens is 1. The van der Waals surface area contributed by atoms with Crippen molar-refractivity contribution in [1.82, 2.24) is 9.88 Å². The summed E-state index contributed by atoms with van der Waals surface area (Å²) in [6, 6.07) is 10.0. The topological polar surface area (TPSA) is 95.4 Å². The van der Waals surface area contributed by atoms with Crippen LogP contribution in [0, 0.1) is 17.1 Å². The van der Waals surface area contributed by atoms with E-state index in [0.29, 0.717) is 59.4 Å². The molecule has 7 nitrogen and oxygen atoms in total. The molecule has 1 amide bonds. The number of amides is 1. The molecule has 2 aliphatic rings. The molecule has 2 heterocycles. The summed E-state index contributed by atoms with van der Waals surface area (Å²) in [6.45, 7) is 10.7. The largest absolute Gasteiger partial charge is 0.490 e. The maximum Gasteiger partial charge on any atom is 0.410 e. The molecule has 192 valence electrons. The van der Waals surface area contributed by atoms with E-state index < -0.39 is 16.8 Å². The van der Waals surface area contributed by atoms with E-state index in [4.69, 9.17) is 9.47 Å². The molecule has 1 saturated heterocycles. The van der Waals surface area contributed by atoms with Crippen LogP contribution in [0.5, 0.6) is 5.75 Å². The first kappa shape index (κ1) is 24.8. The van der Waals surface area contributed by atoms with Crippen LogP contribution in [-0.4, -0.2) is 46.6 Å². The first-order valence-electron chi connectivity index (χ1n) is 12.5. The van der Waals surface area contributed by atoms with Gasteiger partial charge in [-0.3, -0.25) is 4.79 Å². The van der Waals surface area contributed by atoms with E-state index in [1.165, 1.54) is 12.1 Å². The normalized spacial score (nSPS) is 17.2. The zero-order valence-corrected chi connectivity index (χ0v) is 21.7. The summed E-state index contributed by atoms with van der Waals surface area (Å²) in [5, 5.41) is 9.70. The van der Waals surface area contributed by atoms with Crippen LogP contribution in [0.4, 0.5) is 9.18 Å². The van der Waals surface area contributed by atoms with Crippen molar-refractivity contribution in [3.8, 4) is 11.8 Å². The van der Waals surface area contributed by atoms with Gasteiger partial charge in [0.15, 0.2) is 5.78 Å². The van der Waals surface area contributed by atoms with Gasteiger partial charge in [-0.05, 0) is 56.7 Å². The number of ketones is 1. The highest BCUT2D eigenvalue weighted by Gasteiger charge is 2.40. The monoisotopic (exact) mass is 503 g/mol. The fourth-order valence-electron chi connectivity index (χ4n) is 5.26. The molecule has 0 spiro atoms. The number of carbonyl (C=O) groups excluding carboxylic acids is 2. The second-order valence-electron chi connectivity index (χ2n) is 11.3. The van der Waals surface area contributed by atoms with Crippen LogP contribution in [0.3, 0.4) is 0 Å². The number of nitriles is 1. The van der Waals surface area contributed by atoms with Gasteiger partial charge in [0, 0.05) is 53.5 Å². The number of ether oxygens (including phenoxy) is 2. The summed E-state index contributed by atoms with van der Waals surface area (Å²) in [6.07, 6.45) is 0.987. The Balaban J connectivity index is 1.39. The van der Waals surface area contributed by atoms with Crippen molar-refractivity contribution in [2.75, 3.05) is 13.1 Å². The van der Waals surface area contributed by atoms with E-state index in [1.807, 2.05) is 46.8 Å². The van der Waals surface area contributed by atoms with Crippen molar-refractivity contribution >= 4 is 22.8 Å². The van der Waals surface area contributed by atoms with E-state index in [1.54, 1.807) is 17.0 Å². The second kappa shape index (κ2) is 8.62. The Labute approximate surface area is 215 Å². The molecular weight excluding hydrogens is 473 g/mol. The first-order valence-corrected chi connectivity index (χ1v) is 12.5. The van der Waals surface area contributed by atoms with Gasteiger partial charge in [-0.2, -0.15) is 5.26 Å². The van der Waals surface area contributed by atoms with Gasteiger partial charge in [-0.25, -0.2) is 9.18 Å². The Morgan fingerprint density at radius 3 is 2.54 bits per heavy atom. The van der Waals surface area contributed by atoms with E-state index >= 15 is 0 Å². The Hall–Kier alpha value is -3.86. The highest BCUT2D eigenvalue weighted by atomic mass is 19.1. The summed E-state index contributed by atoms with van der Waals surface area (Å²) < 4.78 is 26.2. The summed E-state index contributed by atoms with van der Waals surface area (Å²) in [5.74, 6) is -0.167. The lowest BCUT2D eigenvalue weighted by Crippen LogP contribution is -2.44. The Kier molecular flexibility index (Phi) is 5.78. The van der Waals surface area contributed by atoms with Crippen LogP contribution in [0.25, 0.3) is 10.9 Å². The van der Waals surface area contributed by atoms with Gasteiger partial charge in [0.1, 0.15) is 29.3 Å². The number of carbonyl (C=O) groups is 2. The van der Waals surface area contributed by atoms with Gasteiger partial charge < -0.3 is 19.4 Å². The SMILES string of the molecule is CC(C)(C)OC(=O)N1CCC(Oc2ccc3c(c2)C(C)(C)c2[nH]c4cc(C#N)c(F)cc4c2C3=O)CC1. The molecule has 0 saturated carbocycles. The number of fused-ring (bicyclic) bond motifs is 4. The predicted molar refractivity (Wildman–Crippen MR) is 136 cm³/mol. The fraction of sp³-hybridized carbons (Fsp3) is 0.414. The van der Waals surface area contributed by atoms with E-state index in [2.05, 4.69) is 4.98 Å². The van der Waals surface area contributed by atoms with Gasteiger partial charge in [0.2, 0.25) is 0 Å². The van der Waals surface area contributed by atoms with Gasteiger partial charge >= 0.3 is 6.09 Å². The molecule has 37 heavy (non-hydrogen) atoms. The minimum absolute atomic E-state index is 0.0600. The lowest BCUT2D eigenvalue weighted by atomic mass is 9.71. The molecule has 1 aliphatic heterocycles. The number of nitrogens with one attached hydrogen (secondary N) is 1. The van der Waals surface area contributed by atoms with Crippen LogP contribution >= 0.6 is 0 Å². The first-order chi connectivity index (χ1) is 17.4. The second-order valence-corrected chi connectivity index (χ2v) is 11.3. The molecule has 1 aromatic heterocycles. The lowest BCUT2D eigenvalue weighted by Gasteiger charge is -2.34. The standard InChI is InChI=1S/C29H30FN3O4/c1-28(2,3)37-27(35)33-10-8-17(9-11-33)36-18-6-7-19-21(13-18)29(4,5)26-24(25(19)34)20-14-22(30)16(15-31)12-23(20)32-26/h6-7,12-14,17,32H,8-11H2,1-5H3. The number of rotatable bonds is 2. The smallest absolute Gasteiger partial charge is 0.410 e. The van der Waals surface area contributed by atoms with Crippen molar-refractivity contribution in [1.29, 1.82) is 5.26 Å². The lowest BCUT2D eigenvalue weighted by molar-refractivity contribution is 0.0126. The van der Waals surface area contributed by atoms with Gasteiger partial charge in [-0.1, -0.05) is 13.8 Å².